The second kappa shape index (κ2) is 5.30. The van der Waals surface area contributed by atoms with Crippen LogP contribution >= 0.6 is 0 Å². The molecule has 1 fully saturated rings. The Morgan fingerprint density at radius 1 is 1.36 bits per heavy atom. The van der Waals surface area contributed by atoms with Crippen molar-refractivity contribution in [3.63, 3.8) is 0 Å². The van der Waals surface area contributed by atoms with Crippen LogP contribution in [-0.2, 0) is 22.1 Å². The lowest BCUT2D eigenvalue weighted by molar-refractivity contribution is -0.140. The number of pyridine rings is 1. The number of rotatable bonds is 5. The second-order valence-electron chi connectivity index (χ2n) is 6.26. The van der Waals surface area contributed by atoms with Crippen molar-refractivity contribution in [1.82, 2.24) is 10.3 Å². The molecular formula is C15H18F2N2O3. The third-order valence-electron chi connectivity index (χ3n) is 4.15. The first-order chi connectivity index (χ1) is 10.0. The quantitative estimate of drug-likeness (QED) is 0.873. The maximum absolute atomic E-state index is 13.1. The van der Waals surface area contributed by atoms with Crippen LogP contribution in [0.1, 0.15) is 32.0 Å². The summed E-state index contributed by atoms with van der Waals surface area (Å²) in [6.07, 6.45) is 1.07. The van der Waals surface area contributed by atoms with Gasteiger partial charge in [0.05, 0.1) is 24.1 Å². The lowest BCUT2D eigenvalue weighted by Crippen LogP contribution is -2.27. The number of halogens is 2. The van der Waals surface area contributed by atoms with Gasteiger partial charge in [-0.1, -0.05) is 13.8 Å². The number of carboxylic acids is 1. The highest BCUT2D eigenvalue weighted by Crippen LogP contribution is 2.58. The van der Waals surface area contributed by atoms with Crippen molar-refractivity contribution in [2.45, 2.75) is 33.2 Å². The fourth-order valence-corrected chi connectivity index (χ4v) is 2.66. The van der Waals surface area contributed by atoms with Crippen LogP contribution in [0.5, 0.6) is 0 Å². The van der Waals surface area contributed by atoms with E-state index >= 15 is 0 Å². The van der Waals surface area contributed by atoms with Gasteiger partial charge in [-0.15, -0.1) is 0 Å². The van der Waals surface area contributed by atoms with E-state index in [1.807, 2.05) is 0 Å². The zero-order valence-corrected chi connectivity index (χ0v) is 12.6. The number of aromatic nitrogens is 1. The highest BCUT2D eigenvalue weighted by atomic mass is 19.3. The van der Waals surface area contributed by atoms with Crippen molar-refractivity contribution in [1.29, 1.82) is 0 Å². The number of hydrogen-bond acceptors (Lipinski definition) is 3. The van der Waals surface area contributed by atoms with Gasteiger partial charge >= 0.3 is 5.97 Å². The minimum absolute atomic E-state index is 0.0767. The van der Waals surface area contributed by atoms with E-state index in [2.05, 4.69) is 10.3 Å². The van der Waals surface area contributed by atoms with E-state index in [-0.39, 0.29) is 18.0 Å². The molecule has 7 heteroatoms. The summed E-state index contributed by atoms with van der Waals surface area (Å²) in [5, 5.41) is 11.6. The summed E-state index contributed by atoms with van der Waals surface area (Å²) >= 11 is 0. The third kappa shape index (κ3) is 3.08. The van der Waals surface area contributed by atoms with Crippen molar-refractivity contribution in [2.75, 3.05) is 0 Å². The van der Waals surface area contributed by atoms with E-state index in [0.717, 1.165) is 13.1 Å². The van der Waals surface area contributed by atoms with E-state index < -0.39 is 29.1 Å². The largest absolute Gasteiger partial charge is 0.481 e. The number of nitrogens with zero attached hydrogens (tertiary/aromatic N) is 1. The predicted octanol–water partition coefficient (Wildman–Crippen LogP) is 2.17. The first-order valence-electron chi connectivity index (χ1n) is 6.89. The second-order valence-corrected chi connectivity index (χ2v) is 6.26. The van der Waals surface area contributed by atoms with Crippen molar-refractivity contribution in [3.8, 4) is 0 Å². The Balaban J connectivity index is 1.94. The smallest absolute Gasteiger partial charge is 0.307 e. The molecule has 2 atom stereocenters. The summed E-state index contributed by atoms with van der Waals surface area (Å²) in [5.74, 6) is -5.57. The van der Waals surface area contributed by atoms with E-state index in [0.29, 0.717) is 5.69 Å². The minimum atomic E-state index is -2.96. The van der Waals surface area contributed by atoms with Crippen LogP contribution in [0, 0.1) is 17.3 Å². The summed E-state index contributed by atoms with van der Waals surface area (Å²) in [7, 11) is 0. The molecular weight excluding hydrogens is 294 g/mol. The molecule has 1 aromatic rings. The Kier molecular flexibility index (Phi) is 3.93. The molecule has 1 aromatic heterocycles. The number of nitrogens with one attached hydrogen (secondary N) is 1. The predicted molar refractivity (Wildman–Crippen MR) is 74.0 cm³/mol. The molecule has 1 aliphatic carbocycles. The van der Waals surface area contributed by atoms with E-state index in [1.54, 1.807) is 13.8 Å². The van der Waals surface area contributed by atoms with Gasteiger partial charge in [-0.3, -0.25) is 14.6 Å². The average molecular weight is 312 g/mol. The summed E-state index contributed by atoms with van der Waals surface area (Å²) in [5.41, 5.74) is -0.333. The Labute approximate surface area is 126 Å². The van der Waals surface area contributed by atoms with Crippen molar-refractivity contribution < 1.29 is 23.5 Å². The first-order valence-corrected chi connectivity index (χ1v) is 6.89. The van der Waals surface area contributed by atoms with Gasteiger partial charge in [-0.2, -0.15) is 0 Å². The highest BCUT2D eigenvalue weighted by Gasteiger charge is 2.65. The molecule has 1 saturated carbocycles. The fraction of sp³-hybridized carbons (Fsp3) is 0.533. The molecule has 22 heavy (non-hydrogen) atoms. The number of alkyl halides is 2. The maximum Gasteiger partial charge on any atom is 0.307 e. The SMILES string of the molecule is CC(F)(F)c1ccc(CNC(=O)[C@@H]2[C@H](C(=O)O)C2(C)C)nc1. The molecule has 1 aliphatic rings. The molecule has 1 heterocycles. The molecule has 0 aliphatic heterocycles. The number of hydrogen-bond donors (Lipinski definition) is 2. The van der Waals surface area contributed by atoms with Crippen LogP contribution in [-0.4, -0.2) is 22.0 Å². The topological polar surface area (TPSA) is 79.3 Å². The van der Waals surface area contributed by atoms with Crippen LogP contribution in [0.15, 0.2) is 18.3 Å². The number of carbonyl (C=O) groups excluding carboxylic acids is 1. The van der Waals surface area contributed by atoms with E-state index in [9.17, 15) is 18.4 Å². The van der Waals surface area contributed by atoms with Gasteiger partial charge in [-0.05, 0) is 17.5 Å². The lowest BCUT2D eigenvalue weighted by atomic mass is 10.1. The van der Waals surface area contributed by atoms with Gasteiger partial charge in [0.1, 0.15) is 0 Å². The fourth-order valence-electron chi connectivity index (χ4n) is 2.66. The number of carboxylic acid groups (broad SMARTS) is 1. The Hall–Kier alpha value is -2.05. The molecule has 5 nitrogen and oxygen atoms in total. The van der Waals surface area contributed by atoms with Gasteiger partial charge in [-0.25, -0.2) is 8.78 Å². The average Bonchev–Trinajstić information content (AvgIpc) is 2.99. The van der Waals surface area contributed by atoms with Gasteiger partial charge < -0.3 is 10.4 Å². The molecule has 0 spiro atoms. The van der Waals surface area contributed by atoms with Crippen LogP contribution in [0.3, 0.4) is 0 Å². The number of amides is 1. The monoisotopic (exact) mass is 312 g/mol. The molecule has 2 N–H and O–H groups in total. The molecule has 0 unspecified atom stereocenters. The van der Waals surface area contributed by atoms with Crippen molar-refractivity contribution in [3.05, 3.63) is 29.6 Å². The van der Waals surface area contributed by atoms with Crippen molar-refractivity contribution >= 4 is 11.9 Å². The van der Waals surface area contributed by atoms with Crippen molar-refractivity contribution in [2.24, 2.45) is 17.3 Å². The van der Waals surface area contributed by atoms with Crippen LogP contribution < -0.4 is 5.32 Å². The molecule has 1 amide bonds. The first kappa shape index (κ1) is 16.3. The Morgan fingerprint density at radius 3 is 2.41 bits per heavy atom. The minimum Gasteiger partial charge on any atom is -0.481 e. The van der Waals surface area contributed by atoms with Crippen LogP contribution in [0.4, 0.5) is 8.78 Å². The van der Waals surface area contributed by atoms with Gasteiger partial charge in [0, 0.05) is 18.7 Å². The Bertz CT molecular complexity index is 594. The molecule has 2 rings (SSSR count). The lowest BCUT2D eigenvalue weighted by Gasteiger charge is -2.11. The number of aliphatic carboxylic acids is 1. The summed E-state index contributed by atoms with van der Waals surface area (Å²) in [6.45, 7) is 4.32. The highest BCUT2D eigenvalue weighted by molar-refractivity contribution is 5.91. The van der Waals surface area contributed by atoms with Gasteiger partial charge in [0.2, 0.25) is 5.91 Å². The van der Waals surface area contributed by atoms with Crippen LogP contribution in [0.2, 0.25) is 0 Å². The van der Waals surface area contributed by atoms with Crippen LogP contribution in [0.25, 0.3) is 0 Å². The molecule has 0 bridgehead atoms. The zero-order valence-electron chi connectivity index (χ0n) is 12.6. The molecule has 0 saturated heterocycles. The molecule has 0 radical (unpaired) electrons. The Morgan fingerprint density at radius 2 is 2.00 bits per heavy atom. The maximum atomic E-state index is 13.1. The van der Waals surface area contributed by atoms with E-state index in [1.165, 1.54) is 12.1 Å². The molecule has 120 valence electrons. The summed E-state index contributed by atoms with van der Waals surface area (Å²) < 4.78 is 26.1. The number of carbonyl (C=O) groups is 2. The summed E-state index contributed by atoms with van der Waals surface area (Å²) in [6, 6.07) is 2.68. The standard InChI is InChI=1S/C15H18F2N2O3/c1-14(2)10(11(14)13(21)22)12(20)19-7-9-5-4-8(6-18-9)15(3,16)17/h4-6,10-11H,7H2,1-3H3,(H,19,20)(H,21,22)/t10-,11+/m0/s1. The molecule has 0 aromatic carbocycles. The zero-order chi connectivity index (χ0) is 16.7. The van der Waals surface area contributed by atoms with Gasteiger partial charge in [0.15, 0.2) is 0 Å². The van der Waals surface area contributed by atoms with Gasteiger partial charge in [0.25, 0.3) is 5.92 Å². The normalized spacial score (nSPS) is 23.0. The summed E-state index contributed by atoms with van der Waals surface area (Å²) in [4.78, 5) is 26.9. The van der Waals surface area contributed by atoms with E-state index in [4.69, 9.17) is 5.11 Å². The third-order valence-corrected chi connectivity index (χ3v) is 4.15.